The van der Waals surface area contributed by atoms with Crippen LogP contribution in [0.3, 0.4) is 0 Å². The van der Waals surface area contributed by atoms with E-state index in [4.69, 9.17) is 11.6 Å². The van der Waals surface area contributed by atoms with Gasteiger partial charge in [-0.15, -0.1) is 11.6 Å². The summed E-state index contributed by atoms with van der Waals surface area (Å²) in [5.41, 5.74) is 2.50. The van der Waals surface area contributed by atoms with E-state index >= 15 is 0 Å². The number of benzene rings is 1. The molecule has 0 radical (unpaired) electrons. The van der Waals surface area contributed by atoms with Crippen LogP contribution in [0.2, 0.25) is 0 Å². The monoisotopic (exact) mass is 287 g/mol. The zero-order valence-corrected chi connectivity index (χ0v) is 12.2. The van der Waals surface area contributed by atoms with E-state index in [0.29, 0.717) is 17.5 Å². The molecule has 1 aliphatic rings. The van der Waals surface area contributed by atoms with Crippen molar-refractivity contribution in [2.45, 2.75) is 50.4 Å². The summed E-state index contributed by atoms with van der Waals surface area (Å²) in [5.74, 6) is 1.30. The van der Waals surface area contributed by atoms with Crippen LogP contribution >= 0.6 is 11.6 Å². The van der Waals surface area contributed by atoms with E-state index in [-0.39, 0.29) is 0 Å². The minimum Gasteiger partial charge on any atom is -0.324 e. The van der Waals surface area contributed by atoms with Gasteiger partial charge in [0.25, 0.3) is 0 Å². The highest BCUT2D eigenvalue weighted by molar-refractivity contribution is 6.16. The van der Waals surface area contributed by atoms with Gasteiger partial charge in [0, 0.05) is 6.04 Å². The van der Waals surface area contributed by atoms with E-state index in [1.165, 1.54) is 38.5 Å². The number of alkyl halides is 1. The van der Waals surface area contributed by atoms with Gasteiger partial charge in [0.1, 0.15) is 17.4 Å². The smallest absolute Gasteiger partial charge is 0.125 e. The largest absolute Gasteiger partial charge is 0.324 e. The first-order valence-corrected chi connectivity index (χ1v) is 7.84. The second kappa shape index (κ2) is 5.85. The maximum atomic E-state index is 9.23. The Morgan fingerprint density at radius 3 is 2.65 bits per heavy atom. The second-order valence-electron chi connectivity index (χ2n) is 5.46. The molecule has 2 aromatic rings. The third-order valence-electron chi connectivity index (χ3n) is 4.22. The zero-order chi connectivity index (χ0) is 13.9. The second-order valence-corrected chi connectivity index (χ2v) is 5.73. The molecule has 1 fully saturated rings. The Balaban J connectivity index is 2.15. The van der Waals surface area contributed by atoms with E-state index in [0.717, 1.165) is 16.9 Å². The number of para-hydroxylation sites is 1. The molecule has 0 atom stereocenters. The van der Waals surface area contributed by atoms with Crippen LogP contribution in [-0.2, 0) is 5.88 Å². The fraction of sp³-hybridized carbons (Fsp3) is 0.500. The van der Waals surface area contributed by atoms with Gasteiger partial charge >= 0.3 is 0 Å². The normalized spacial score (nSPS) is 17.0. The molecule has 1 aromatic carbocycles. The summed E-state index contributed by atoms with van der Waals surface area (Å²) in [5, 5.41) is 9.23. The maximum Gasteiger partial charge on any atom is 0.125 e. The Hall–Kier alpha value is -1.53. The summed E-state index contributed by atoms with van der Waals surface area (Å²) in [6, 6.07) is 8.53. The standard InChI is InChI=1S/C16H18ClN3/c17-10-15-19-16-12(11-18)6-5-9-14(16)20(15)13-7-3-1-2-4-8-13/h5-6,9,13H,1-4,7-8,10H2. The molecule has 4 heteroatoms. The van der Waals surface area contributed by atoms with Gasteiger partial charge in [-0.1, -0.05) is 31.7 Å². The van der Waals surface area contributed by atoms with Gasteiger partial charge in [-0.25, -0.2) is 4.98 Å². The Morgan fingerprint density at radius 1 is 1.25 bits per heavy atom. The van der Waals surface area contributed by atoms with Crippen molar-refractivity contribution in [3.8, 4) is 6.07 Å². The van der Waals surface area contributed by atoms with Crippen LogP contribution in [0.25, 0.3) is 11.0 Å². The quantitative estimate of drug-likeness (QED) is 0.601. The van der Waals surface area contributed by atoms with Crippen molar-refractivity contribution in [1.29, 1.82) is 5.26 Å². The highest BCUT2D eigenvalue weighted by Crippen LogP contribution is 2.32. The molecule has 3 nitrogen and oxygen atoms in total. The molecular formula is C16H18ClN3. The summed E-state index contributed by atoms with van der Waals surface area (Å²) >= 11 is 6.09. The molecule has 0 saturated heterocycles. The number of hydrogen-bond donors (Lipinski definition) is 0. The van der Waals surface area contributed by atoms with Crippen LogP contribution in [0, 0.1) is 11.3 Å². The lowest BCUT2D eigenvalue weighted by atomic mass is 10.1. The molecule has 1 saturated carbocycles. The van der Waals surface area contributed by atoms with Crippen molar-refractivity contribution in [2.24, 2.45) is 0 Å². The molecule has 0 spiro atoms. The zero-order valence-electron chi connectivity index (χ0n) is 11.5. The van der Waals surface area contributed by atoms with Crippen molar-refractivity contribution >= 4 is 22.6 Å². The number of nitriles is 1. The Labute approximate surface area is 124 Å². The molecule has 20 heavy (non-hydrogen) atoms. The number of rotatable bonds is 2. The third-order valence-corrected chi connectivity index (χ3v) is 4.46. The molecule has 0 N–H and O–H groups in total. The number of aromatic nitrogens is 2. The van der Waals surface area contributed by atoms with Crippen molar-refractivity contribution in [3.05, 3.63) is 29.6 Å². The fourth-order valence-corrected chi connectivity index (χ4v) is 3.46. The topological polar surface area (TPSA) is 41.6 Å². The van der Waals surface area contributed by atoms with Gasteiger partial charge in [-0.05, 0) is 25.0 Å². The van der Waals surface area contributed by atoms with Gasteiger partial charge in [-0.3, -0.25) is 0 Å². The minimum atomic E-state index is 0.399. The summed E-state index contributed by atoms with van der Waals surface area (Å²) in [7, 11) is 0. The van der Waals surface area contributed by atoms with Crippen molar-refractivity contribution < 1.29 is 0 Å². The van der Waals surface area contributed by atoms with Crippen molar-refractivity contribution in [3.63, 3.8) is 0 Å². The van der Waals surface area contributed by atoms with Gasteiger partial charge < -0.3 is 4.57 Å². The SMILES string of the molecule is N#Cc1cccc2c1nc(CCl)n2C1CCCCCC1. The predicted octanol–water partition coefficient (Wildman–Crippen LogP) is 4.54. The Kier molecular flexibility index (Phi) is 3.93. The maximum absolute atomic E-state index is 9.23. The van der Waals surface area contributed by atoms with Crippen molar-refractivity contribution in [1.82, 2.24) is 9.55 Å². The average molecular weight is 288 g/mol. The highest BCUT2D eigenvalue weighted by Gasteiger charge is 2.21. The van der Waals surface area contributed by atoms with Crippen molar-refractivity contribution in [2.75, 3.05) is 0 Å². The van der Waals surface area contributed by atoms with Crippen LogP contribution in [0.1, 0.15) is 56.0 Å². The average Bonchev–Trinajstić information content (AvgIpc) is 2.67. The van der Waals surface area contributed by atoms with Crippen LogP contribution in [-0.4, -0.2) is 9.55 Å². The fourth-order valence-electron chi connectivity index (χ4n) is 3.27. The molecule has 1 aliphatic carbocycles. The Morgan fingerprint density at radius 2 is 2.00 bits per heavy atom. The first-order valence-electron chi connectivity index (χ1n) is 7.31. The summed E-state index contributed by atoms with van der Waals surface area (Å²) in [6.07, 6.45) is 7.55. The number of hydrogen-bond acceptors (Lipinski definition) is 2. The van der Waals surface area contributed by atoms with Gasteiger partial charge in [0.15, 0.2) is 0 Å². The minimum absolute atomic E-state index is 0.399. The molecule has 0 bridgehead atoms. The molecule has 1 aromatic heterocycles. The number of nitrogens with zero attached hydrogens (tertiary/aromatic N) is 3. The summed E-state index contributed by atoms with van der Waals surface area (Å²) < 4.78 is 2.29. The molecule has 3 rings (SSSR count). The lowest BCUT2D eigenvalue weighted by Crippen LogP contribution is -2.11. The van der Waals surface area contributed by atoms with Crippen LogP contribution in [0.4, 0.5) is 0 Å². The first-order chi connectivity index (χ1) is 9.85. The Bertz CT molecular complexity index is 646. The van der Waals surface area contributed by atoms with Gasteiger partial charge in [0.05, 0.1) is 17.0 Å². The van der Waals surface area contributed by atoms with E-state index in [2.05, 4.69) is 21.7 Å². The van der Waals surface area contributed by atoms with E-state index < -0.39 is 0 Å². The number of fused-ring (bicyclic) bond motifs is 1. The summed E-state index contributed by atoms with van der Waals surface area (Å²) in [4.78, 5) is 4.62. The summed E-state index contributed by atoms with van der Waals surface area (Å²) in [6.45, 7) is 0. The van der Waals surface area contributed by atoms with Crippen LogP contribution in [0.5, 0.6) is 0 Å². The molecule has 1 heterocycles. The van der Waals surface area contributed by atoms with Gasteiger partial charge in [-0.2, -0.15) is 5.26 Å². The third kappa shape index (κ3) is 2.29. The molecule has 0 aliphatic heterocycles. The van der Waals surface area contributed by atoms with E-state index in [9.17, 15) is 5.26 Å². The molecule has 0 unspecified atom stereocenters. The number of imidazole rings is 1. The number of halogens is 1. The van der Waals surface area contributed by atoms with Crippen LogP contribution < -0.4 is 0 Å². The highest BCUT2D eigenvalue weighted by atomic mass is 35.5. The lowest BCUT2D eigenvalue weighted by Gasteiger charge is -2.19. The van der Waals surface area contributed by atoms with Gasteiger partial charge in [0.2, 0.25) is 0 Å². The van der Waals surface area contributed by atoms with E-state index in [1.54, 1.807) is 0 Å². The lowest BCUT2D eigenvalue weighted by molar-refractivity contribution is 0.444. The van der Waals surface area contributed by atoms with E-state index in [1.807, 2.05) is 12.1 Å². The molecular weight excluding hydrogens is 270 g/mol. The molecule has 0 amide bonds. The molecule has 104 valence electrons. The predicted molar refractivity (Wildman–Crippen MR) is 80.7 cm³/mol. The van der Waals surface area contributed by atoms with Crippen LogP contribution in [0.15, 0.2) is 18.2 Å². The first kappa shape index (κ1) is 13.5.